The number of amides is 1. The minimum atomic E-state index is -0.604. The lowest BCUT2D eigenvalue weighted by Crippen LogP contribution is -2.52. The first-order valence-electron chi connectivity index (χ1n) is 9.68. The van der Waals surface area contributed by atoms with Gasteiger partial charge in [0.25, 0.3) is 0 Å². The molecular formula is C22H31NO3. The molecule has 0 aromatic heterocycles. The molecule has 4 heteroatoms. The van der Waals surface area contributed by atoms with Gasteiger partial charge in [-0.15, -0.1) is 0 Å². The summed E-state index contributed by atoms with van der Waals surface area (Å²) in [6.07, 6.45) is 6.01. The molecule has 0 bridgehead atoms. The number of hydrogen-bond acceptors (Lipinski definition) is 3. The fraction of sp³-hybridized carbons (Fsp3) is 0.591. The third-order valence-corrected chi connectivity index (χ3v) is 5.77. The topological polar surface area (TPSA) is 38.8 Å². The van der Waals surface area contributed by atoms with Crippen molar-refractivity contribution in [2.75, 3.05) is 20.3 Å². The van der Waals surface area contributed by atoms with Crippen molar-refractivity contribution in [2.45, 2.75) is 58.3 Å². The van der Waals surface area contributed by atoms with E-state index < -0.39 is 5.41 Å². The number of ether oxygens (including phenoxy) is 2. The SMILES string of the molecule is COC[C@@H]1CCCN1C(=O)[C@@]1(C)C=C(C)CC[C@@H]1OCc1ccccc1. The summed E-state index contributed by atoms with van der Waals surface area (Å²) in [6, 6.07) is 10.4. The molecule has 3 atom stereocenters. The van der Waals surface area contributed by atoms with Crippen LogP contribution < -0.4 is 0 Å². The zero-order valence-corrected chi connectivity index (χ0v) is 16.2. The number of likely N-dealkylation sites (tertiary alicyclic amines) is 1. The molecule has 0 saturated carbocycles. The Balaban J connectivity index is 1.77. The Bertz CT molecular complexity index is 642. The maximum Gasteiger partial charge on any atom is 0.235 e. The van der Waals surface area contributed by atoms with Crippen molar-refractivity contribution in [3.8, 4) is 0 Å². The van der Waals surface area contributed by atoms with Crippen molar-refractivity contribution >= 4 is 5.91 Å². The molecule has 3 rings (SSSR count). The minimum Gasteiger partial charge on any atom is -0.383 e. The van der Waals surface area contributed by atoms with E-state index in [0.717, 1.165) is 37.8 Å². The average molecular weight is 357 g/mol. The Morgan fingerprint density at radius 1 is 1.27 bits per heavy atom. The molecule has 1 saturated heterocycles. The number of rotatable bonds is 6. The van der Waals surface area contributed by atoms with Crippen molar-refractivity contribution in [2.24, 2.45) is 5.41 Å². The fourth-order valence-corrected chi connectivity index (χ4v) is 4.34. The lowest BCUT2D eigenvalue weighted by Gasteiger charge is -2.41. The first kappa shape index (κ1) is 19.1. The molecule has 26 heavy (non-hydrogen) atoms. The van der Waals surface area contributed by atoms with Crippen LogP contribution in [0, 0.1) is 5.41 Å². The van der Waals surface area contributed by atoms with Crippen LogP contribution in [0.5, 0.6) is 0 Å². The van der Waals surface area contributed by atoms with Crippen LogP contribution in [0.4, 0.5) is 0 Å². The molecule has 0 N–H and O–H groups in total. The minimum absolute atomic E-state index is 0.0947. The van der Waals surface area contributed by atoms with Crippen molar-refractivity contribution in [1.82, 2.24) is 4.90 Å². The molecule has 142 valence electrons. The van der Waals surface area contributed by atoms with Gasteiger partial charge in [-0.2, -0.15) is 0 Å². The predicted molar refractivity (Wildman–Crippen MR) is 103 cm³/mol. The maximum absolute atomic E-state index is 13.5. The molecule has 0 spiro atoms. The van der Waals surface area contributed by atoms with Crippen molar-refractivity contribution < 1.29 is 14.3 Å². The van der Waals surface area contributed by atoms with E-state index in [1.54, 1.807) is 7.11 Å². The summed E-state index contributed by atoms with van der Waals surface area (Å²) in [5.74, 6) is 0.189. The number of allylic oxidation sites excluding steroid dienone is 1. The van der Waals surface area contributed by atoms with Crippen molar-refractivity contribution in [3.63, 3.8) is 0 Å². The summed E-state index contributed by atoms with van der Waals surface area (Å²) >= 11 is 0. The summed E-state index contributed by atoms with van der Waals surface area (Å²) in [5.41, 5.74) is 1.82. The van der Waals surface area contributed by atoms with Gasteiger partial charge in [-0.25, -0.2) is 0 Å². The molecule has 1 aromatic carbocycles. The second-order valence-electron chi connectivity index (χ2n) is 7.85. The molecule has 1 aromatic rings. The molecule has 2 aliphatic rings. The van der Waals surface area contributed by atoms with Crippen LogP contribution in [0.1, 0.15) is 45.1 Å². The molecule has 0 unspecified atom stereocenters. The van der Waals surface area contributed by atoms with Crippen molar-refractivity contribution in [1.29, 1.82) is 0 Å². The van der Waals surface area contributed by atoms with Crippen LogP contribution in [0.25, 0.3) is 0 Å². The van der Waals surface area contributed by atoms with Crippen LogP contribution in [0.15, 0.2) is 42.0 Å². The lowest BCUT2D eigenvalue weighted by molar-refractivity contribution is -0.150. The first-order valence-corrected chi connectivity index (χ1v) is 9.68. The monoisotopic (exact) mass is 357 g/mol. The molecule has 1 amide bonds. The molecule has 1 heterocycles. The maximum atomic E-state index is 13.5. The molecule has 4 nitrogen and oxygen atoms in total. The molecule has 1 aliphatic carbocycles. The second-order valence-corrected chi connectivity index (χ2v) is 7.85. The van der Waals surface area contributed by atoms with Gasteiger partial charge in [0, 0.05) is 13.7 Å². The Hall–Kier alpha value is -1.65. The van der Waals surface area contributed by atoms with E-state index >= 15 is 0 Å². The van der Waals surface area contributed by atoms with E-state index in [1.165, 1.54) is 5.57 Å². The fourth-order valence-electron chi connectivity index (χ4n) is 4.34. The van der Waals surface area contributed by atoms with Crippen LogP contribution in [0.3, 0.4) is 0 Å². The summed E-state index contributed by atoms with van der Waals surface area (Å²) in [4.78, 5) is 15.5. The first-order chi connectivity index (χ1) is 12.5. The number of benzene rings is 1. The highest BCUT2D eigenvalue weighted by Gasteiger charge is 2.46. The quantitative estimate of drug-likeness (QED) is 0.724. The number of carbonyl (C=O) groups excluding carboxylic acids is 1. The van der Waals surface area contributed by atoms with E-state index in [1.807, 2.05) is 23.1 Å². The molecule has 0 radical (unpaired) electrons. The van der Waals surface area contributed by atoms with E-state index in [0.29, 0.717) is 13.2 Å². The van der Waals surface area contributed by atoms with Gasteiger partial charge in [-0.05, 0) is 45.1 Å². The predicted octanol–water partition coefficient (Wildman–Crippen LogP) is 3.96. The summed E-state index contributed by atoms with van der Waals surface area (Å²) in [6.45, 7) is 6.15. The van der Waals surface area contributed by atoms with Crippen LogP contribution in [0.2, 0.25) is 0 Å². The normalized spacial score (nSPS) is 28.9. The highest BCUT2D eigenvalue weighted by molar-refractivity contribution is 5.86. The van der Waals surface area contributed by atoms with E-state index in [2.05, 4.69) is 32.1 Å². The van der Waals surface area contributed by atoms with E-state index in [-0.39, 0.29) is 18.1 Å². The highest BCUT2D eigenvalue weighted by atomic mass is 16.5. The zero-order valence-electron chi connectivity index (χ0n) is 16.2. The molecular weight excluding hydrogens is 326 g/mol. The largest absolute Gasteiger partial charge is 0.383 e. The molecule has 1 aliphatic heterocycles. The van der Waals surface area contributed by atoms with Gasteiger partial charge in [0.1, 0.15) is 0 Å². The van der Waals surface area contributed by atoms with Gasteiger partial charge in [-0.1, -0.05) is 42.0 Å². The van der Waals surface area contributed by atoms with Gasteiger partial charge >= 0.3 is 0 Å². The Kier molecular flexibility index (Phi) is 6.15. The van der Waals surface area contributed by atoms with Crippen molar-refractivity contribution in [3.05, 3.63) is 47.5 Å². The summed E-state index contributed by atoms with van der Waals surface area (Å²) in [5, 5.41) is 0. The van der Waals surface area contributed by atoms with Crippen LogP contribution in [-0.4, -0.2) is 43.2 Å². The Morgan fingerprint density at radius 3 is 2.77 bits per heavy atom. The number of carbonyl (C=O) groups is 1. The zero-order chi connectivity index (χ0) is 18.6. The number of methoxy groups -OCH3 is 1. The summed E-state index contributed by atoms with van der Waals surface area (Å²) in [7, 11) is 1.71. The number of hydrogen-bond donors (Lipinski definition) is 0. The highest BCUT2D eigenvalue weighted by Crippen LogP contribution is 2.40. The Labute approximate surface area is 157 Å². The lowest BCUT2D eigenvalue weighted by atomic mass is 9.74. The molecule has 1 fully saturated rings. The second kappa shape index (κ2) is 8.36. The van der Waals surface area contributed by atoms with Gasteiger partial charge in [0.15, 0.2) is 0 Å². The van der Waals surface area contributed by atoms with Crippen LogP contribution >= 0.6 is 0 Å². The standard InChI is InChI=1S/C22H31NO3/c1-17-11-12-20(26-15-18-8-5-4-6-9-18)22(2,14-17)21(24)23-13-7-10-19(23)16-25-3/h4-6,8-9,14,19-20H,7,10-13,15-16H2,1-3H3/t19-,20-,22-/m0/s1. The van der Waals surface area contributed by atoms with Crippen LogP contribution in [-0.2, 0) is 20.9 Å². The van der Waals surface area contributed by atoms with Gasteiger partial charge in [0.2, 0.25) is 5.91 Å². The Morgan fingerprint density at radius 2 is 2.04 bits per heavy atom. The third-order valence-electron chi connectivity index (χ3n) is 5.77. The van der Waals surface area contributed by atoms with E-state index in [4.69, 9.17) is 9.47 Å². The van der Waals surface area contributed by atoms with E-state index in [9.17, 15) is 4.79 Å². The third kappa shape index (κ3) is 4.02. The summed E-state index contributed by atoms with van der Waals surface area (Å²) < 4.78 is 11.6. The average Bonchev–Trinajstić information content (AvgIpc) is 3.09. The van der Waals surface area contributed by atoms with Gasteiger partial charge in [-0.3, -0.25) is 4.79 Å². The number of nitrogens with zero attached hydrogens (tertiary/aromatic N) is 1. The van der Waals surface area contributed by atoms with Gasteiger partial charge in [0.05, 0.1) is 30.8 Å². The smallest absolute Gasteiger partial charge is 0.235 e. The van der Waals surface area contributed by atoms with Gasteiger partial charge < -0.3 is 14.4 Å².